The number of nitrogens with zero attached hydrogens (tertiary/aromatic N) is 1. The summed E-state index contributed by atoms with van der Waals surface area (Å²) in [6.07, 6.45) is 3.09. The lowest BCUT2D eigenvalue weighted by Crippen LogP contribution is -2.42. The maximum absolute atomic E-state index is 10.0. The molecule has 1 aromatic rings. The van der Waals surface area contributed by atoms with Gasteiger partial charge in [0.25, 0.3) is 0 Å². The largest absolute Gasteiger partial charge is 0.506 e. The van der Waals surface area contributed by atoms with Crippen LogP contribution in [0.15, 0.2) is 6.20 Å². The fourth-order valence-corrected chi connectivity index (χ4v) is 1.96. The third kappa shape index (κ3) is 3.89. The van der Waals surface area contributed by atoms with Crippen molar-refractivity contribution >= 4 is 0 Å². The summed E-state index contributed by atoms with van der Waals surface area (Å²) in [4.78, 5) is 4.03. The summed E-state index contributed by atoms with van der Waals surface area (Å²) in [5.74, 6) is 0.126. The Bertz CT molecular complexity index is 423. The lowest BCUT2D eigenvalue weighted by molar-refractivity contribution is 0.213. The van der Waals surface area contributed by atoms with Crippen LogP contribution in [0.25, 0.3) is 0 Å². The molecule has 0 aliphatic carbocycles. The van der Waals surface area contributed by atoms with E-state index in [4.69, 9.17) is 5.11 Å². The Labute approximate surface area is 114 Å². The Hall–Kier alpha value is -1.17. The standard InChI is InChI=1S/C14H24N2O3/c1-4-14(3,5-6-17)16-8-12-11(9-18)7-15-10(2)13(12)19/h7,16-19H,4-6,8-9H2,1-3H3. The van der Waals surface area contributed by atoms with E-state index in [-0.39, 0.29) is 24.5 Å². The van der Waals surface area contributed by atoms with Gasteiger partial charge in [-0.05, 0) is 26.7 Å². The molecular weight excluding hydrogens is 244 g/mol. The zero-order valence-electron chi connectivity index (χ0n) is 11.9. The van der Waals surface area contributed by atoms with Gasteiger partial charge in [-0.15, -0.1) is 0 Å². The normalized spacial score (nSPS) is 14.4. The summed E-state index contributed by atoms with van der Waals surface area (Å²) in [5.41, 5.74) is 1.66. The fraction of sp³-hybridized carbons (Fsp3) is 0.643. The van der Waals surface area contributed by atoms with Crippen LogP contribution in [0.4, 0.5) is 0 Å². The Balaban J connectivity index is 2.90. The number of hydrogen-bond donors (Lipinski definition) is 4. The van der Waals surface area contributed by atoms with Crippen molar-refractivity contribution in [1.82, 2.24) is 10.3 Å². The van der Waals surface area contributed by atoms with Crippen molar-refractivity contribution in [2.24, 2.45) is 0 Å². The second-order valence-corrected chi connectivity index (χ2v) is 5.10. The SMILES string of the molecule is CCC(C)(CCO)NCc1c(CO)cnc(C)c1O. The predicted molar refractivity (Wildman–Crippen MR) is 73.8 cm³/mol. The molecule has 19 heavy (non-hydrogen) atoms. The van der Waals surface area contributed by atoms with E-state index in [1.165, 1.54) is 0 Å². The van der Waals surface area contributed by atoms with Crippen molar-refractivity contribution in [3.8, 4) is 5.75 Å². The Kier molecular flexibility index (Phi) is 5.72. The van der Waals surface area contributed by atoms with Gasteiger partial charge in [-0.2, -0.15) is 0 Å². The fourth-order valence-electron chi connectivity index (χ4n) is 1.96. The average Bonchev–Trinajstić information content (AvgIpc) is 2.40. The molecule has 0 aliphatic heterocycles. The van der Waals surface area contributed by atoms with E-state index in [2.05, 4.69) is 10.3 Å². The highest BCUT2D eigenvalue weighted by Crippen LogP contribution is 2.25. The number of aromatic nitrogens is 1. The molecule has 0 spiro atoms. The first-order valence-corrected chi connectivity index (χ1v) is 6.60. The molecule has 1 aromatic heterocycles. The molecule has 1 unspecified atom stereocenters. The first-order chi connectivity index (χ1) is 8.97. The molecule has 0 saturated heterocycles. The second-order valence-electron chi connectivity index (χ2n) is 5.10. The molecule has 0 fully saturated rings. The maximum atomic E-state index is 10.0. The lowest BCUT2D eigenvalue weighted by atomic mass is 9.94. The van der Waals surface area contributed by atoms with Crippen LogP contribution < -0.4 is 5.32 Å². The van der Waals surface area contributed by atoms with Gasteiger partial charge in [-0.3, -0.25) is 4.98 Å². The monoisotopic (exact) mass is 268 g/mol. The van der Waals surface area contributed by atoms with E-state index in [0.717, 1.165) is 6.42 Å². The summed E-state index contributed by atoms with van der Waals surface area (Å²) < 4.78 is 0. The molecule has 1 rings (SSSR count). The summed E-state index contributed by atoms with van der Waals surface area (Å²) in [5, 5.41) is 31.8. The Morgan fingerprint density at radius 1 is 1.37 bits per heavy atom. The molecular formula is C14H24N2O3. The molecule has 0 aromatic carbocycles. The van der Waals surface area contributed by atoms with Gasteiger partial charge in [-0.25, -0.2) is 0 Å². The van der Waals surface area contributed by atoms with E-state index in [9.17, 15) is 10.2 Å². The zero-order valence-corrected chi connectivity index (χ0v) is 11.9. The zero-order chi connectivity index (χ0) is 14.5. The number of pyridine rings is 1. The number of aliphatic hydroxyl groups excluding tert-OH is 2. The minimum Gasteiger partial charge on any atom is -0.506 e. The van der Waals surface area contributed by atoms with Crippen molar-refractivity contribution in [1.29, 1.82) is 0 Å². The number of hydrogen-bond acceptors (Lipinski definition) is 5. The van der Waals surface area contributed by atoms with E-state index in [0.29, 0.717) is 29.8 Å². The van der Waals surface area contributed by atoms with E-state index in [1.54, 1.807) is 13.1 Å². The maximum Gasteiger partial charge on any atom is 0.141 e. The van der Waals surface area contributed by atoms with Crippen molar-refractivity contribution in [2.45, 2.75) is 52.3 Å². The first kappa shape index (κ1) is 15.9. The first-order valence-electron chi connectivity index (χ1n) is 6.60. The smallest absolute Gasteiger partial charge is 0.141 e. The molecule has 0 amide bonds. The van der Waals surface area contributed by atoms with E-state index < -0.39 is 0 Å². The Morgan fingerprint density at radius 3 is 2.58 bits per heavy atom. The van der Waals surface area contributed by atoms with Gasteiger partial charge < -0.3 is 20.6 Å². The number of aromatic hydroxyl groups is 1. The summed E-state index contributed by atoms with van der Waals surface area (Å²) >= 11 is 0. The van der Waals surface area contributed by atoms with Crippen LogP contribution in [0.2, 0.25) is 0 Å². The van der Waals surface area contributed by atoms with Crippen LogP contribution in [0.5, 0.6) is 5.75 Å². The van der Waals surface area contributed by atoms with Crippen LogP contribution >= 0.6 is 0 Å². The van der Waals surface area contributed by atoms with Crippen molar-refractivity contribution < 1.29 is 15.3 Å². The Morgan fingerprint density at radius 2 is 2.05 bits per heavy atom. The summed E-state index contributed by atoms with van der Waals surface area (Å²) in [7, 11) is 0. The molecule has 108 valence electrons. The topological polar surface area (TPSA) is 85.6 Å². The second kappa shape index (κ2) is 6.84. The van der Waals surface area contributed by atoms with Crippen LogP contribution in [0.1, 0.15) is 43.5 Å². The van der Waals surface area contributed by atoms with Gasteiger partial charge in [0, 0.05) is 36.0 Å². The molecule has 0 aliphatic rings. The van der Waals surface area contributed by atoms with Gasteiger partial charge in [0.1, 0.15) is 5.75 Å². The van der Waals surface area contributed by atoms with Crippen LogP contribution in [-0.4, -0.2) is 32.4 Å². The molecule has 4 N–H and O–H groups in total. The lowest BCUT2D eigenvalue weighted by Gasteiger charge is -2.29. The van der Waals surface area contributed by atoms with Crippen LogP contribution in [0.3, 0.4) is 0 Å². The quantitative estimate of drug-likeness (QED) is 0.597. The third-order valence-electron chi connectivity index (χ3n) is 3.74. The molecule has 5 heteroatoms. The summed E-state index contributed by atoms with van der Waals surface area (Å²) in [6.45, 7) is 6.22. The number of aliphatic hydroxyl groups is 2. The van der Waals surface area contributed by atoms with Gasteiger partial charge in [0.15, 0.2) is 0 Å². The van der Waals surface area contributed by atoms with Crippen molar-refractivity contribution in [2.75, 3.05) is 6.61 Å². The van der Waals surface area contributed by atoms with Crippen molar-refractivity contribution in [3.05, 3.63) is 23.0 Å². The van der Waals surface area contributed by atoms with Gasteiger partial charge in [-0.1, -0.05) is 6.92 Å². The van der Waals surface area contributed by atoms with Crippen LogP contribution in [-0.2, 0) is 13.2 Å². The highest BCUT2D eigenvalue weighted by molar-refractivity contribution is 5.40. The van der Waals surface area contributed by atoms with E-state index in [1.807, 2.05) is 13.8 Å². The van der Waals surface area contributed by atoms with Gasteiger partial charge in [0.2, 0.25) is 0 Å². The minimum atomic E-state index is -0.189. The molecule has 1 atom stereocenters. The number of rotatable bonds is 7. The third-order valence-corrected chi connectivity index (χ3v) is 3.74. The average molecular weight is 268 g/mol. The number of aryl methyl sites for hydroxylation is 1. The van der Waals surface area contributed by atoms with E-state index >= 15 is 0 Å². The highest BCUT2D eigenvalue weighted by Gasteiger charge is 2.22. The predicted octanol–water partition coefficient (Wildman–Crippen LogP) is 1.23. The molecule has 5 nitrogen and oxygen atoms in total. The molecule has 1 heterocycles. The van der Waals surface area contributed by atoms with Crippen LogP contribution in [0, 0.1) is 6.92 Å². The number of nitrogens with one attached hydrogen (secondary N) is 1. The highest BCUT2D eigenvalue weighted by atomic mass is 16.3. The summed E-state index contributed by atoms with van der Waals surface area (Å²) in [6, 6.07) is 0. The van der Waals surface area contributed by atoms with Gasteiger partial charge >= 0.3 is 0 Å². The minimum absolute atomic E-state index is 0.117. The molecule has 0 radical (unpaired) electrons. The van der Waals surface area contributed by atoms with Gasteiger partial charge in [0.05, 0.1) is 12.3 Å². The molecule has 0 saturated carbocycles. The molecule has 0 bridgehead atoms. The van der Waals surface area contributed by atoms with Crippen molar-refractivity contribution in [3.63, 3.8) is 0 Å².